The lowest BCUT2D eigenvalue weighted by Crippen LogP contribution is -2.55. The van der Waals surface area contributed by atoms with Crippen LogP contribution in [0, 0.1) is 5.92 Å². The van der Waals surface area contributed by atoms with E-state index in [2.05, 4.69) is 20.7 Å². The number of rotatable bonds is 11. The summed E-state index contributed by atoms with van der Waals surface area (Å²) in [4.78, 5) is 64.1. The standard InChI is InChI=1S/C23H26F3N7O6/c24-23(25,26)22-29-31-33(30-22)12-15(34)10-14(21(38)39)11-17(18(27)35)32-9-5-4-8-16(20(32)37)28-19(36)13-6-2-1-3-7-13/h1-3,6-7,14,16-17H,4-5,8-12H2,(H2,27,35)(H,28,36)(H,38,39)/t14?,16-,17?/m0/s1. The second-order valence-corrected chi connectivity index (χ2v) is 8.99. The molecule has 13 nitrogen and oxygen atoms in total. The maximum Gasteiger partial charge on any atom is 0.455 e. The summed E-state index contributed by atoms with van der Waals surface area (Å²) in [6.45, 7) is -0.724. The molecule has 2 unspecified atom stereocenters. The highest BCUT2D eigenvalue weighted by molar-refractivity contribution is 5.98. The van der Waals surface area contributed by atoms with Crippen LogP contribution >= 0.6 is 0 Å². The maximum atomic E-state index is 13.3. The molecule has 3 amide bonds. The first-order chi connectivity index (χ1) is 18.4. The quantitative estimate of drug-likeness (QED) is 0.354. The number of ketones is 1. The van der Waals surface area contributed by atoms with Crippen LogP contribution in [0.25, 0.3) is 0 Å². The van der Waals surface area contributed by atoms with E-state index in [1.54, 1.807) is 30.3 Å². The number of likely N-dealkylation sites (tertiary alicyclic amines) is 1. The van der Waals surface area contributed by atoms with Gasteiger partial charge in [-0.2, -0.15) is 18.0 Å². The van der Waals surface area contributed by atoms with Crippen LogP contribution in [0.2, 0.25) is 0 Å². The SMILES string of the molecule is NC(=O)C(CC(CC(=O)Cn1nnc(C(F)(F)F)n1)C(=O)O)N1CCCC[C@H](NC(=O)c2ccccc2)C1=O. The molecule has 3 rings (SSSR count). The van der Waals surface area contributed by atoms with Crippen molar-refractivity contribution in [2.75, 3.05) is 6.54 Å². The number of halogens is 3. The monoisotopic (exact) mass is 553 g/mol. The number of carboxylic acids is 1. The highest BCUT2D eigenvalue weighted by atomic mass is 19.4. The summed E-state index contributed by atoms with van der Waals surface area (Å²) in [6, 6.07) is 5.75. The molecule has 0 aliphatic carbocycles. The largest absolute Gasteiger partial charge is 0.481 e. The Kier molecular flexibility index (Phi) is 9.32. The Morgan fingerprint density at radius 3 is 2.44 bits per heavy atom. The molecule has 2 aromatic rings. The number of nitrogens with two attached hydrogens (primary N) is 1. The van der Waals surface area contributed by atoms with E-state index in [0.717, 1.165) is 4.90 Å². The molecule has 3 atom stereocenters. The number of hydrogen-bond donors (Lipinski definition) is 3. The van der Waals surface area contributed by atoms with Crippen LogP contribution in [-0.4, -0.2) is 78.3 Å². The summed E-state index contributed by atoms with van der Waals surface area (Å²) in [5, 5.41) is 21.3. The Bertz CT molecular complexity index is 1220. The summed E-state index contributed by atoms with van der Waals surface area (Å²) < 4.78 is 38.0. The Hall–Kier alpha value is -4.37. The fourth-order valence-corrected chi connectivity index (χ4v) is 4.20. The van der Waals surface area contributed by atoms with Crippen molar-refractivity contribution in [1.29, 1.82) is 0 Å². The van der Waals surface area contributed by atoms with Crippen LogP contribution in [0.15, 0.2) is 30.3 Å². The lowest BCUT2D eigenvalue weighted by Gasteiger charge is -2.32. The number of carbonyl (C=O) groups is 5. The highest BCUT2D eigenvalue weighted by Crippen LogP contribution is 2.25. The minimum Gasteiger partial charge on any atom is -0.481 e. The average molecular weight is 553 g/mol. The minimum atomic E-state index is -4.88. The van der Waals surface area contributed by atoms with E-state index in [9.17, 15) is 42.3 Å². The fourth-order valence-electron chi connectivity index (χ4n) is 4.20. The second-order valence-electron chi connectivity index (χ2n) is 8.99. The van der Waals surface area contributed by atoms with E-state index in [0.29, 0.717) is 23.2 Å². The number of hydrogen-bond acceptors (Lipinski definition) is 8. The van der Waals surface area contributed by atoms with Gasteiger partial charge in [-0.1, -0.05) is 18.2 Å². The van der Waals surface area contributed by atoms with E-state index < -0.39 is 78.9 Å². The third kappa shape index (κ3) is 7.81. The van der Waals surface area contributed by atoms with Crippen molar-refractivity contribution in [3.05, 3.63) is 41.7 Å². The number of carboxylic acid groups (broad SMARTS) is 1. The van der Waals surface area contributed by atoms with Gasteiger partial charge in [-0.3, -0.25) is 24.0 Å². The van der Waals surface area contributed by atoms with Gasteiger partial charge < -0.3 is 21.1 Å². The molecule has 4 N–H and O–H groups in total. The molecule has 0 radical (unpaired) electrons. The smallest absolute Gasteiger partial charge is 0.455 e. The third-order valence-corrected chi connectivity index (χ3v) is 6.12. The van der Waals surface area contributed by atoms with Gasteiger partial charge >= 0.3 is 12.1 Å². The molecule has 1 aromatic carbocycles. The van der Waals surface area contributed by atoms with E-state index in [4.69, 9.17) is 5.73 Å². The lowest BCUT2D eigenvalue weighted by atomic mass is 9.93. The van der Waals surface area contributed by atoms with Gasteiger partial charge in [0.05, 0.1) is 5.92 Å². The molecule has 1 fully saturated rings. The highest BCUT2D eigenvalue weighted by Gasteiger charge is 2.39. The molecular formula is C23H26F3N7O6. The first-order valence-corrected chi connectivity index (χ1v) is 11.9. The summed E-state index contributed by atoms with van der Waals surface area (Å²) in [6.07, 6.45) is -4.84. The Labute approximate surface area is 219 Å². The van der Waals surface area contributed by atoms with E-state index in [1.165, 1.54) is 0 Å². The molecule has 0 bridgehead atoms. The number of amides is 3. The zero-order valence-electron chi connectivity index (χ0n) is 20.5. The predicted octanol–water partition coefficient (Wildman–Crippen LogP) is 0.407. The minimum absolute atomic E-state index is 0.0630. The van der Waals surface area contributed by atoms with E-state index >= 15 is 0 Å². The average Bonchev–Trinajstić information content (AvgIpc) is 3.28. The van der Waals surface area contributed by atoms with Gasteiger partial charge in [-0.15, -0.1) is 10.2 Å². The molecule has 39 heavy (non-hydrogen) atoms. The van der Waals surface area contributed by atoms with Crippen LogP contribution < -0.4 is 11.1 Å². The van der Waals surface area contributed by atoms with Crippen LogP contribution in [0.1, 0.15) is 48.3 Å². The molecule has 1 aromatic heterocycles. The molecular weight excluding hydrogens is 527 g/mol. The Morgan fingerprint density at radius 2 is 1.85 bits per heavy atom. The maximum absolute atomic E-state index is 13.3. The first-order valence-electron chi connectivity index (χ1n) is 11.9. The van der Waals surface area contributed by atoms with Gasteiger partial charge in [0.25, 0.3) is 11.7 Å². The van der Waals surface area contributed by atoms with Crippen molar-refractivity contribution in [2.24, 2.45) is 11.7 Å². The number of aliphatic carboxylic acids is 1. The Morgan fingerprint density at radius 1 is 1.15 bits per heavy atom. The summed E-state index contributed by atoms with van der Waals surface area (Å²) in [5.74, 6) is -7.52. The van der Waals surface area contributed by atoms with Crippen molar-refractivity contribution >= 4 is 29.5 Å². The van der Waals surface area contributed by atoms with Gasteiger partial charge in [0.2, 0.25) is 11.8 Å². The van der Waals surface area contributed by atoms with Gasteiger partial charge in [-0.05, 0) is 43.0 Å². The molecule has 16 heteroatoms. The van der Waals surface area contributed by atoms with Crippen molar-refractivity contribution in [2.45, 2.75) is 56.9 Å². The zero-order chi connectivity index (χ0) is 28.7. The van der Waals surface area contributed by atoms with Crippen molar-refractivity contribution in [3.8, 4) is 0 Å². The van der Waals surface area contributed by atoms with Gasteiger partial charge in [0, 0.05) is 18.5 Å². The Balaban J connectivity index is 1.71. The molecule has 1 saturated heterocycles. The number of aromatic nitrogens is 4. The number of primary amides is 1. The number of Topliss-reactive ketones (excluding diaryl/α,β-unsaturated/α-hetero) is 1. The zero-order valence-corrected chi connectivity index (χ0v) is 20.5. The topological polar surface area (TPSA) is 190 Å². The van der Waals surface area contributed by atoms with Crippen molar-refractivity contribution in [3.63, 3.8) is 0 Å². The number of alkyl halides is 3. The molecule has 2 heterocycles. The van der Waals surface area contributed by atoms with Crippen LogP contribution in [-0.2, 0) is 31.9 Å². The molecule has 1 aliphatic heterocycles. The second kappa shape index (κ2) is 12.4. The van der Waals surface area contributed by atoms with E-state index in [1.807, 2.05) is 0 Å². The van der Waals surface area contributed by atoms with Crippen LogP contribution in [0.5, 0.6) is 0 Å². The third-order valence-electron chi connectivity index (χ3n) is 6.12. The molecule has 210 valence electrons. The summed E-state index contributed by atoms with van der Waals surface area (Å²) in [7, 11) is 0. The molecule has 0 saturated carbocycles. The number of benzene rings is 1. The number of nitrogens with zero attached hydrogens (tertiary/aromatic N) is 5. The van der Waals surface area contributed by atoms with Crippen molar-refractivity contribution in [1.82, 2.24) is 30.4 Å². The summed E-state index contributed by atoms with van der Waals surface area (Å²) >= 11 is 0. The van der Waals surface area contributed by atoms with Gasteiger partial charge in [0.15, 0.2) is 5.78 Å². The molecule has 1 aliphatic rings. The fraction of sp³-hybridized carbons (Fsp3) is 0.478. The lowest BCUT2D eigenvalue weighted by molar-refractivity contribution is -0.147. The number of tetrazole rings is 1. The van der Waals surface area contributed by atoms with Gasteiger partial charge in [0.1, 0.15) is 18.6 Å². The predicted molar refractivity (Wildman–Crippen MR) is 124 cm³/mol. The molecule has 0 spiro atoms. The van der Waals surface area contributed by atoms with E-state index in [-0.39, 0.29) is 13.0 Å². The first kappa shape index (κ1) is 29.2. The van der Waals surface area contributed by atoms with Crippen LogP contribution in [0.3, 0.4) is 0 Å². The normalized spacial score (nSPS) is 17.7. The van der Waals surface area contributed by atoms with Gasteiger partial charge in [-0.25, -0.2) is 0 Å². The van der Waals surface area contributed by atoms with Crippen LogP contribution in [0.4, 0.5) is 13.2 Å². The summed E-state index contributed by atoms with van der Waals surface area (Å²) in [5.41, 5.74) is 5.85. The number of nitrogens with one attached hydrogen (secondary N) is 1. The van der Waals surface area contributed by atoms with Crippen molar-refractivity contribution < 1.29 is 42.3 Å². The number of carbonyl (C=O) groups excluding carboxylic acids is 4.